The molecule has 0 aliphatic heterocycles. The Morgan fingerprint density at radius 2 is 1.44 bits per heavy atom. The van der Waals surface area contributed by atoms with Gasteiger partial charge in [-0.3, -0.25) is 9.59 Å². The molecular formula is C19H22N2O4. The number of rotatable bonds is 7. The lowest BCUT2D eigenvalue weighted by Crippen LogP contribution is -2.36. The van der Waals surface area contributed by atoms with E-state index >= 15 is 0 Å². The molecule has 132 valence electrons. The second-order valence-electron chi connectivity index (χ2n) is 5.50. The zero-order chi connectivity index (χ0) is 18.2. The second-order valence-corrected chi connectivity index (χ2v) is 5.50. The van der Waals surface area contributed by atoms with E-state index in [4.69, 9.17) is 9.47 Å². The number of anilines is 1. The van der Waals surface area contributed by atoms with Gasteiger partial charge in [0, 0.05) is 19.2 Å². The number of carbonyl (C=O) groups excluding carboxylic acids is 2. The summed E-state index contributed by atoms with van der Waals surface area (Å²) in [6, 6.07) is 14.4. The van der Waals surface area contributed by atoms with Crippen LogP contribution in [0.4, 0.5) is 5.69 Å². The average Bonchev–Trinajstić information content (AvgIpc) is 2.62. The Bertz CT molecular complexity index is 711. The minimum absolute atomic E-state index is 0.0204. The van der Waals surface area contributed by atoms with Gasteiger partial charge >= 0.3 is 0 Å². The summed E-state index contributed by atoms with van der Waals surface area (Å²) in [7, 11) is 3.18. The van der Waals surface area contributed by atoms with E-state index in [2.05, 4.69) is 5.32 Å². The minimum Gasteiger partial charge on any atom is -0.497 e. The first-order valence-corrected chi connectivity index (χ1v) is 7.84. The molecule has 6 heteroatoms. The quantitative estimate of drug-likeness (QED) is 0.840. The van der Waals surface area contributed by atoms with Crippen LogP contribution in [0.25, 0.3) is 0 Å². The molecular weight excluding hydrogens is 320 g/mol. The largest absolute Gasteiger partial charge is 0.497 e. The second kappa shape index (κ2) is 8.73. The van der Waals surface area contributed by atoms with E-state index < -0.39 is 0 Å². The SMILES string of the molecule is COc1ccc(CN(CC(=O)Nc2ccc(OC)cc2)C(C)=O)cc1. The maximum Gasteiger partial charge on any atom is 0.244 e. The van der Waals surface area contributed by atoms with Crippen LogP contribution in [0.1, 0.15) is 12.5 Å². The van der Waals surface area contributed by atoms with Crippen molar-refractivity contribution in [1.82, 2.24) is 4.90 Å². The summed E-state index contributed by atoms with van der Waals surface area (Å²) < 4.78 is 10.2. The predicted octanol–water partition coefficient (Wildman–Crippen LogP) is 2.69. The highest BCUT2D eigenvalue weighted by atomic mass is 16.5. The maximum atomic E-state index is 12.2. The molecule has 0 fully saturated rings. The van der Waals surface area contributed by atoms with E-state index in [9.17, 15) is 9.59 Å². The van der Waals surface area contributed by atoms with E-state index in [0.717, 1.165) is 11.3 Å². The number of methoxy groups -OCH3 is 2. The summed E-state index contributed by atoms with van der Waals surface area (Å²) in [6.45, 7) is 1.78. The van der Waals surface area contributed by atoms with E-state index in [0.29, 0.717) is 18.0 Å². The minimum atomic E-state index is -0.256. The van der Waals surface area contributed by atoms with Crippen molar-refractivity contribution in [3.05, 3.63) is 54.1 Å². The predicted molar refractivity (Wildman–Crippen MR) is 95.7 cm³/mol. The molecule has 0 saturated carbocycles. The summed E-state index contributed by atoms with van der Waals surface area (Å²) in [5.41, 5.74) is 1.58. The topological polar surface area (TPSA) is 67.9 Å². The van der Waals surface area contributed by atoms with Crippen molar-refractivity contribution in [1.29, 1.82) is 0 Å². The molecule has 2 amide bonds. The number of hydrogen-bond acceptors (Lipinski definition) is 4. The van der Waals surface area contributed by atoms with Crippen molar-refractivity contribution >= 4 is 17.5 Å². The average molecular weight is 342 g/mol. The molecule has 0 heterocycles. The van der Waals surface area contributed by atoms with Crippen molar-refractivity contribution in [3.8, 4) is 11.5 Å². The highest BCUT2D eigenvalue weighted by Gasteiger charge is 2.14. The van der Waals surface area contributed by atoms with E-state index in [1.54, 1.807) is 38.5 Å². The van der Waals surface area contributed by atoms with E-state index in [1.165, 1.54) is 11.8 Å². The molecule has 1 N–H and O–H groups in total. The van der Waals surface area contributed by atoms with Crippen molar-refractivity contribution in [2.45, 2.75) is 13.5 Å². The van der Waals surface area contributed by atoms with Gasteiger partial charge in [-0.2, -0.15) is 0 Å². The van der Waals surface area contributed by atoms with Crippen LogP contribution in [0, 0.1) is 0 Å². The molecule has 25 heavy (non-hydrogen) atoms. The lowest BCUT2D eigenvalue weighted by atomic mass is 10.2. The third-order valence-electron chi connectivity index (χ3n) is 3.69. The van der Waals surface area contributed by atoms with Gasteiger partial charge in [-0.1, -0.05) is 12.1 Å². The number of hydrogen-bond donors (Lipinski definition) is 1. The third-order valence-corrected chi connectivity index (χ3v) is 3.69. The van der Waals surface area contributed by atoms with Gasteiger partial charge in [0.1, 0.15) is 18.0 Å². The van der Waals surface area contributed by atoms with Crippen molar-refractivity contribution in [2.24, 2.45) is 0 Å². The fourth-order valence-electron chi connectivity index (χ4n) is 2.28. The Morgan fingerprint density at radius 3 is 1.92 bits per heavy atom. The van der Waals surface area contributed by atoms with Crippen LogP contribution in [0.5, 0.6) is 11.5 Å². The third kappa shape index (κ3) is 5.53. The lowest BCUT2D eigenvalue weighted by Gasteiger charge is -2.21. The Balaban J connectivity index is 1.97. The number of ether oxygens (including phenoxy) is 2. The molecule has 2 aromatic rings. The highest BCUT2D eigenvalue weighted by Crippen LogP contribution is 2.16. The Hall–Kier alpha value is -3.02. The number of benzene rings is 2. The summed E-state index contributed by atoms with van der Waals surface area (Å²) in [4.78, 5) is 25.6. The summed E-state index contributed by atoms with van der Waals surface area (Å²) in [5, 5.41) is 2.77. The summed E-state index contributed by atoms with van der Waals surface area (Å²) >= 11 is 0. The van der Waals surface area contributed by atoms with Crippen LogP contribution in [0.2, 0.25) is 0 Å². The Kier molecular flexibility index (Phi) is 6.39. The number of carbonyl (C=O) groups is 2. The normalized spacial score (nSPS) is 10.0. The molecule has 0 atom stereocenters. The molecule has 0 aliphatic carbocycles. The van der Waals surface area contributed by atoms with Crippen LogP contribution in [-0.2, 0) is 16.1 Å². The van der Waals surface area contributed by atoms with Crippen LogP contribution in [0.15, 0.2) is 48.5 Å². The molecule has 0 saturated heterocycles. The smallest absolute Gasteiger partial charge is 0.244 e. The van der Waals surface area contributed by atoms with Gasteiger partial charge in [0.05, 0.1) is 14.2 Å². The highest BCUT2D eigenvalue weighted by molar-refractivity contribution is 5.94. The fourth-order valence-corrected chi connectivity index (χ4v) is 2.28. The fraction of sp³-hybridized carbons (Fsp3) is 0.263. The van der Waals surface area contributed by atoms with Crippen LogP contribution in [0.3, 0.4) is 0 Å². The van der Waals surface area contributed by atoms with Gasteiger partial charge in [-0.15, -0.1) is 0 Å². The molecule has 2 rings (SSSR count). The number of amides is 2. The standard InChI is InChI=1S/C19H22N2O4/c1-14(22)21(12-15-4-8-17(24-2)9-5-15)13-19(23)20-16-6-10-18(25-3)11-7-16/h4-11H,12-13H2,1-3H3,(H,20,23). The van der Waals surface area contributed by atoms with Crippen LogP contribution < -0.4 is 14.8 Å². The van der Waals surface area contributed by atoms with Gasteiger partial charge < -0.3 is 19.7 Å². The molecule has 0 aromatic heterocycles. The van der Waals surface area contributed by atoms with Crippen molar-refractivity contribution in [2.75, 3.05) is 26.1 Å². The number of nitrogens with one attached hydrogen (secondary N) is 1. The van der Waals surface area contributed by atoms with Crippen LogP contribution in [-0.4, -0.2) is 37.5 Å². The molecule has 0 radical (unpaired) electrons. The molecule has 6 nitrogen and oxygen atoms in total. The molecule has 0 bridgehead atoms. The lowest BCUT2D eigenvalue weighted by molar-refractivity contribution is -0.133. The van der Waals surface area contributed by atoms with Crippen molar-refractivity contribution < 1.29 is 19.1 Å². The Labute approximate surface area is 147 Å². The summed E-state index contributed by atoms with van der Waals surface area (Å²) in [6.07, 6.45) is 0. The van der Waals surface area contributed by atoms with Crippen molar-refractivity contribution in [3.63, 3.8) is 0 Å². The van der Waals surface area contributed by atoms with Gasteiger partial charge in [0.25, 0.3) is 0 Å². The molecule has 0 spiro atoms. The van der Waals surface area contributed by atoms with Gasteiger partial charge in [0.15, 0.2) is 0 Å². The zero-order valence-electron chi connectivity index (χ0n) is 14.6. The first-order valence-electron chi connectivity index (χ1n) is 7.84. The van der Waals surface area contributed by atoms with Gasteiger partial charge in [-0.25, -0.2) is 0 Å². The number of nitrogens with zero attached hydrogens (tertiary/aromatic N) is 1. The molecule has 0 unspecified atom stereocenters. The van der Waals surface area contributed by atoms with Gasteiger partial charge in [0.2, 0.25) is 11.8 Å². The van der Waals surface area contributed by atoms with E-state index in [-0.39, 0.29) is 18.4 Å². The van der Waals surface area contributed by atoms with Crippen LogP contribution >= 0.6 is 0 Å². The molecule has 0 aliphatic rings. The van der Waals surface area contributed by atoms with E-state index in [1.807, 2.05) is 24.3 Å². The first kappa shape index (κ1) is 18.3. The maximum absolute atomic E-state index is 12.2. The summed E-state index contributed by atoms with van der Waals surface area (Å²) in [5.74, 6) is 1.04. The molecule has 2 aromatic carbocycles. The first-order chi connectivity index (χ1) is 12.0. The van der Waals surface area contributed by atoms with Gasteiger partial charge in [-0.05, 0) is 42.0 Å². The zero-order valence-corrected chi connectivity index (χ0v) is 14.6. The Morgan fingerprint density at radius 1 is 0.920 bits per heavy atom. The monoisotopic (exact) mass is 342 g/mol.